The van der Waals surface area contributed by atoms with E-state index in [1.807, 2.05) is 52.0 Å². The second-order valence-electron chi connectivity index (χ2n) is 8.27. The van der Waals surface area contributed by atoms with E-state index >= 15 is 0 Å². The van der Waals surface area contributed by atoms with E-state index in [0.717, 1.165) is 12.0 Å². The lowest BCUT2D eigenvalue weighted by atomic mass is 10.1. The number of nitrogens with zero attached hydrogens (tertiary/aromatic N) is 1. The molecule has 0 saturated heterocycles. The minimum Gasteiger partial charge on any atom is -0.466 e. The lowest BCUT2D eigenvalue weighted by molar-refractivity contribution is -0.201. The maximum absolute atomic E-state index is 12.6. The summed E-state index contributed by atoms with van der Waals surface area (Å²) in [4.78, 5) is 17.8. The Bertz CT molecular complexity index is 604. The molecule has 0 aliphatic carbocycles. The number of carbonyl (C=O) groups excluding carboxylic acids is 1. The highest BCUT2D eigenvalue weighted by Gasteiger charge is 2.22. The first-order valence-corrected chi connectivity index (χ1v) is 10.6. The van der Waals surface area contributed by atoms with Crippen molar-refractivity contribution in [2.24, 2.45) is 11.8 Å². The quantitative estimate of drug-likeness (QED) is 0.203. The highest BCUT2D eigenvalue weighted by molar-refractivity contribution is 5.76. The molecule has 8 heteroatoms. The third kappa shape index (κ3) is 11.5. The first-order valence-electron chi connectivity index (χ1n) is 10.6. The normalized spacial score (nSPS) is 13.9. The van der Waals surface area contributed by atoms with E-state index in [1.165, 1.54) is 5.17 Å². The van der Waals surface area contributed by atoms with Crippen molar-refractivity contribution in [3.8, 4) is 5.75 Å². The molecule has 0 aliphatic rings. The molecule has 1 rings (SSSR count). The molecule has 1 unspecified atom stereocenters. The van der Waals surface area contributed by atoms with E-state index < -0.39 is 6.04 Å². The molecule has 0 saturated carbocycles. The summed E-state index contributed by atoms with van der Waals surface area (Å²) >= 11 is 0. The van der Waals surface area contributed by atoms with Crippen LogP contribution in [-0.2, 0) is 25.5 Å². The average molecular weight is 426 g/mol. The van der Waals surface area contributed by atoms with Crippen LogP contribution in [0.25, 0.3) is 0 Å². The van der Waals surface area contributed by atoms with Gasteiger partial charge >= 0.3 is 5.97 Å². The standard InChI is InChI=1S/C22H39N3O5/c1-7-17(3)14-27-21(26)20(24-15-29-22(4,5)6)13-18-9-11-19(12-10-18)28-16-30-25(23)8-2/h9-12,17,20,24H,7-8,13-16,23H2,1-6H3/t17?,20-/m1/s1. The Hall–Kier alpha value is -1.71. The van der Waals surface area contributed by atoms with Crippen molar-refractivity contribution in [2.75, 3.05) is 26.7 Å². The molecule has 3 N–H and O–H groups in total. The fourth-order valence-corrected chi connectivity index (χ4v) is 2.25. The molecule has 0 aliphatic heterocycles. The lowest BCUT2D eigenvalue weighted by Gasteiger charge is -2.23. The van der Waals surface area contributed by atoms with Crippen LogP contribution >= 0.6 is 0 Å². The number of hydrazine groups is 1. The van der Waals surface area contributed by atoms with E-state index in [2.05, 4.69) is 19.2 Å². The van der Waals surface area contributed by atoms with Gasteiger partial charge in [-0.05, 0) is 57.7 Å². The zero-order chi connectivity index (χ0) is 22.6. The van der Waals surface area contributed by atoms with Crippen LogP contribution in [0.1, 0.15) is 53.5 Å². The summed E-state index contributed by atoms with van der Waals surface area (Å²) in [7, 11) is 0. The number of hydroxylamine groups is 1. The van der Waals surface area contributed by atoms with Gasteiger partial charge in [-0.3, -0.25) is 10.1 Å². The largest absolute Gasteiger partial charge is 0.466 e. The van der Waals surface area contributed by atoms with E-state index in [-0.39, 0.29) is 25.1 Å². The summed E-state index contributed by atoms with van der Waals surface area (Å²) in [6.45, 7) is 13.2. The fraction of sp³-hybridized carbons (Fsp3) is 0.682. The van der Waals surface area contributed by atoms with Gasteiger partial charge in [0, 0.05) is 6.54 Å². The Balaban J connectivity index is 2.66. The van der Waals surface area contributed by atoms with Crippen molar-refractivity contribution in [1.29, 1.82) is 0 Å². The highest BCUT2D eigenvalue weighted by atomic mass is 16.8. The molecule has 2 atom stereocenters. The van der Waals surface area contributed by atoms with E-state index in [1.54, 1.807) is 0 Å². The third-order valence-electron chi connectivity index (χ3n) is 4.45. The molecule has 1 aromatic carbocycles. The molecule has 30 heavy (non-hydrogen) atoms. The van der Waals surface area contributed by atoms with Crippen LogP contribution in [0.2, 0.25) is 0 Å². The molecular weight excluding hydrogens is 386 g/mol. The van der Waals surface area contributed by atoms with Crippen LogP contribution in [0.3, 0.4) is 0 Å². The molecule has 172 valence electrons. The van der Waals surface area contributed by atoms with Crippen LogP contribution in [-0.4, -0.2) is 49.5 Å². The van der Waals surface area contributed by atoms with Gasteiger partial charge in [-0.1, -0.05) is 32.4 Å². The summed E-state index contributed by atoms with van der Waals surface area (Å²) in [6, 6.07) is 6.99. The number of nitrogens with two attached hydrogens (primary N) is 1. The van der Waals surface area contributed by atoms with Crippen LogP contribution in [0.5, 0.6) is 5.75 Å². The van der Waals surface area contributed by atoms with E-state index in [0.29, 0.717) is 31.2 Å². The predicted octanol–water partition coefficient (Wildman–Crippen LogP) is 3.01. The topological polar surface area (TPSA) is 95.3 Å². The smallest absolute Gasteiger partial charge is 0.323 e. The van der Waals surface area contributed by atoms with Gasteiger partial charge in [-0.15, -0.1) is 5.17 Å². The van der Waals surface area contributed by atoms with Gasteiger partial charge in [0.25, 0.3) is 0 Å². The maximum Gasteiger partial charge on any atom is 0.323 e. The second-order valence-corrected chi connectivity index (χ2v) is 8.27. The molecule has 0 heterocycles. The molecule has 1 aromatic rings. The first kappa shape index (κ1) is 26.3. The predicted molar refractivity (Wildman–Crippen MR) is 116 cm³/mol. The number of hydrogen-bond donors (Lipinski definition) is 2. The minimum atomic E-state index is -0.498. The number of ether oxygens (including phenoxy) is 3. The van der Waals surface area contributed by atoms with Crippen molar-refractivity contribution >= 4 is 5.97 Å². The molecular formula is C22H39N3O5. The zero-order valence-electron chi connectivity index (χ0n) is 19.3. The molecule has 8 nitrogen and oxygen atoms in total. The molecule has 0 radical (unpaired) electrons. The number of benzene rings is 1. The molecule has 0 aromatic heterocycles. The van der Waals surface area contributed by atoms with Crippen LogP contribution in [0, 0.1) is 5.92 Å². The van der Waals surface area contributed by atoms with Gasteiger partial charge in [0.1, 0.15) is 11.8 Å². The maximum atomic E-state index is 12.6. The van der Waals surface area contributed by atoms with Crippen molar-refractivity contribution < 1.29 is 23.8 Å². The van der Waals surface area contributed by atoms with Crippen molar-refractivity contribution in [3.63, 3.8) is 0 Å². The fourth-order valence-electron chi connectivity index (χ4n) is 2.25. The van der Waals surface area contributed by atoms with Gasteiger partial charge < -0.3 is 14.2 Å². The van der Waals surface area contributed by atoms with Crippen LogP contribution in [0.4, 0.5) is 0 Å². The van der Waals surface area contributed by atoms with E-state index in [4.69, 9.17) is 24.9 Å². The molecule has 0 spiro atoms. The van der Waals surface area contributed by atoms with Crippen molar-refractivity contribution in [1.82, 2.24) is 10.5 Å². The summed E-state index contributed by atoms with van der Waals surface area (Å²) in [5.41, 5.74) is 0.682. The summed E-state index contributed by atoms with van der Waals surface area (Å²) in [5, 5.41) is 4.37. The lowest BCUT2D eigenvalue weighted by Crippen LogP contribution is -2.43. The number of nitrogens with one attached hydrogen (secondary N) is 1. The van der Waals surface area contributed by atoms with Gasteiger partial charge in [0.15, 0.2) is 0 Å². The minimum absolute atomic E-state index is 0.0277. The SMILES string of the molecule is CCC(C)COC(=O)[C@@H](Cc1ccc(OCON(N)CC)cc1)NCOC(C)(C)C. The van der Waals surface area contributed by atoms with Gasteiger partial charge in [0.2, 0.25) is 6.79 Å². The second kappa shape index (κ2) is 13.6. The number of esters is 1. The van der Waals surface area contributed by atoms with Gasteiger partial charge in [-0.25, -0.2) is 10.7 Å². The van der Waals surface area contributed by atoms with Crippen LogP contribution in [0.15, 0.2) is 24.3 Å². The average Bonchev–Trinajstić information content (AvgIpc) is 2.71. The summed E-state index contributed by atoms with van der Waals surface area (Å²) in [6.07, 6.45) is 1.44. The Labute approximate surface area is 180 Å². The molecule has 0 amide bonds. The number of carbonyl (C=O) groups is 1. The van der Waals surface area contributed by atoms with Crippen LogP contribution < -0.4 is 15.9 Å². The van der Waals surface area contributed by atoms with Crippen molar-refractivity contribution in [2.45, 2.75) is 66.0 Å². The molecule has 0 bridgehead atoms. The Morgan fingerprint density at radius 3 is 2.43 bits per heavy atom. The van der Waals surface area contributed by atoms with Gasteiger partial charge in [-0.2, -0.15) is 0 Å². The summed E-state index contributed by atoms with van der Waals surface area (Å²) < 4.78 is 16.7. The third-order valence-corrected chi connectivity index (χ3v) is 4.45. The van der Waals surface area contributed by atoms with Gasteiger partial charge in [0.05, 0.1) is 18.9 Å². The highest BCUT2D eigenvalue weighted by Crippen LogP contribution is 2.15. The number of hydrogen-bond acceptors (Lipinski definition) is 8. The van der Waals surface area contributed by atoms with Crippen molar-refractivity contribution in [3.05, 3.63) is 29.8 Å². The Kier molecular flexibility index (Phi) is 11.9. The monoisotopic (exact) mass is 425 g/mol. The Morgan fingerprint density at radius 2 is 1.87 bits per heavy atom. The Morgan fingerprint density at radius 1 is 1.20 bits per heavy atom. The number of rotatable bonds is 14. The summed E-state index contributed by atoms with van der Waals surface area (Å²) in [5.74, 6) is 6.24. The first-order chi connectivity index (χ1) is 14.1. The molecule has 0 fully saturated rings. The van der Waals surface area contributed by atoms with E-state index in [9.17, 15) is 4.79 Å². The zero-order valence-corrected chi connectivity index (χ0v) is 19.3.